The molecule has 12 aromatic rings. The zero-order valence-corrected chi connectivity index (χ0v) is 42.7. The van der Waals surface area contributed by atoms with E-state index in [1.165, 1.54) is 0 Å². The number of aromatic nitrogens is 2. The molecule has 11 nitrogen and oxygen atoms in total. The molecular formula is C70H33N11. The SMILES string of the molecule is [C-]#[N+]c1cc(C#N)cc(-c2ccc3c(c2)c2cc(-c4cc(C#N)cc([N+]#[C-])c4)ccc2n3-c2ccc(C#N)cc2-c2cccc(C)c2-n2c3ccc(-c4cc(C#N)cc([N+]#[C-])c4)cc3c3cc(-c4cc(C#N)cc([N+]#[C-])c4)ccc32)c1. The van der Waals surface area contributed by atoms with Crippen LogP contribution in [0.15, 0.2) is 182 Å². The number of nitrogens with zero attached hydrogens (tertiary/aromatic N) is 11. The first-order chi connectivity index (χ1) is 39.6. The van der Waals surface area contributed by atoms with E-state index in [0.29, 0.717) is 72.8 Å². The Bertz CT molecular complexity index is 4800. The van der Waals surface area contributed by atoms with E-state index >= 15 is 0 Å². The highest BCUT2D eigenvalue weighted by Gasteiger charge is 2.24. The van der Waals surface area contributed by atoms with E-state index in [1.54, 1.807) is 78.9 Å². The molecule has 11 heteroatoms. The molecule has 0 N–H and O–H groups in total. The summed E-state index contributed by atoms with van der Waals surface area (Å²) >= 11 is 0. The minimum atomic E-state index is 0.336. The Morgan fingerprint density at radius 3 is 1.00 bits per heavy atom. The molecule has 0 amide bonds. The van der Waals surface area contributed by atoms with Crippen molar-refractivity contribution in [2.75, 3.05) is 0 Å². The normalized spacial score (nSPS) is 10.7. The number of para-hydroxylation sites is 1. The number of hydrogen-bond acceptors (Lipinski definition) is 5. The van der Waals surface area contributed by atoms with E-state index < -0.39 is 0 Å². The molecule has 0 spiro atoms. The molecule has 0 radical (unpaired) electrons. The van der Waals surface area contributed by atoms with Crippen LogP contribution in [-0.2, 0) is 0 Å². The predicted molar refractivity (Wildman–Crippen MR) is 316 cm³/mol. The highest BCUT2D eigenvalue weighted by Crippen LogP contribution is 2.46. The Balaban J connectivity index is 1.14. The summed E-state index contributed by atoms with van der Waals surface area (Å²) in [5, 5.41) is 53.9. The molecule has 0 aliphatic carbocycles. The van der Waals surface area contributed by atoms with E-state index in [0.717, 1.165) is 93.9 Å². The lowest BCUT2D eigenvalue weighted by Crippen LogP contribution is -2.04. The van der Waals surface area contributed by atoms with Crippen LogP contribution in [0.1, 0.15) is 33.4 Å². The summed E-state index contributed by atoms with van der Waals surface area (Å²) in [6.45, 7) is 33.3. The van der Waals surface area contributed by atoms with Gasteiger partial charge in [-0.15, -0.1) is 0 Å². The summed E-state index contributed by atoms with van der Waals surface area (Å²) in [5.74, 6) is 0. The molecule has 0 aliphatic heterocycles. The van der Waals surface area contributed by atoms with Gasteiger partial charge in [0.1, 0.15) is 0 Å². The first-order valence-corrected chi connectivity index (χ1v) is 25.1. The third-order valence-electron chi connectivity index (χ3n) is 14.7. The summed E-state index contributed by atoms with van der Waals surface area (Å²) in [4.78, 5) is 14.6. The molecular weight excluding hydrogens is 995 g/mol. The molecule has 0 saturated carbocycles. The quantitative estimate of drug-likeness (QED) is 0.146. The van der Waals surface area contributed by atoms with Crippen LogP contribution in [0.4, 0.5) is 22.7 Å². The lowest BCUT2D eigenvalue weighted by molar-refractivity contribution is 1.14. The second-order valence-electron chi connectivity index (χ2n) is 19.4. The molecule has 10 aromatic carbocycles. The van der Waals surface area contributed by atoms with Gasteiger partial charge in [0.05, 0.1) is 95.6 Å². The smallest absolute Gasteiger partial charge is 0.189 e. The van der Waals surface area contributed by atoms with Crippen LogP contribution < -0.4 is 0 Å². The molecule has 0 saturated heterocycles. The van der Waals surface area contributed by atoms with Crippen LogP contribution in [-0.4, -0.2) is 9.13 Å². The maximum atomic E-state index is 10.7. The van der Waals surface area contributed by atoms with Crippen molar-refractivity contribution in [3.63, 3.8) is 0 Å². The molecule has 12 rings (SSSR count). The second-order valence-corrected chi connectivity index (χ2v) is 19.4. The highest BCUT2D eigenvalue weighted by atomic mass is 15.0. The largest absolute Gasteiger partial charge is 0.309 e. The van der Waals surface area contributed by atoms with Crippen LogP contribution in [0.3, 0.4) is 0 Å². The van der Waals surface area contributed by atoms with Crippen LogP contribution in [0.25, 0.3) is 130 Å². The Morgan fingerprint density at radius 2 is 0.667 bits per heavy atom. The van der Waals surface area contributed by atoms with Crippen molar-refractivity contribution >= 4 is 66.4 Å². The highest BCUT2D eigenvalue weighted by molar-refractivity contribution is 6.14. The van der Waals surface area contributed by atoms with Gasteiger partial charge in [0.2, 0.25) is 0 Å². The van der Waals surface area contributed by atoms with Gasteiger partial charge in [-0.05, 0) is 197 Å². The fraction of sp³-hybridized carbons (Fsp3) is 0.0143. The summed E-state index contributed by atoms with van der Waals surface area (Å²) in [5.41, 5.74) is 16.6. The molecule has 2 aromatic heterocycles. The third-order valence-corrected chi connectivity index (χ3v) is 14.7. The van der Waals surface area contributed by atoms with Crippen molar-refractivity contribution in [2.24, 2.45) is 0 Å². The molecule has 0 aliphatic rings. The number of hydrogen-bond donors (Lipinski definition) is 0. The Labute approximate surface area is 464 Å². The van der Waals surface area contributed by atoms with Crippen LogP contribution in [0.2, 0.25) is 0 Å². The minimum Gasteiger partial charge on any atom is -0.309 e. The second kappa shape index (κ2) is 19.7. The van der Waals surface area contributed by atoms with E-state index in [1.807, 2.05) is 66.7 Å². The zero-order valence-electron chi connectivity index (χ0n) is 42.7. The van der Waals surface area contributed by atoms with Crippen molar-refractivity contribution in [1.29, 1.82) is 26.3 Å². The minimum absolute atomic E-state index is 0.336. The molecule has 0 bridgehead atoms. The van der Waals surface area contributed by atoms with Crippen molar-refractivity contribution in [2.45, 2.75) is 6.92 Å². The molecule has 2 heterocycles. The first kappa shape index (κ1) is 49.1. The van der Waals surface area contributed by atoms with E-state index in [2.05, 4.69) is 102 Å². The average molecular weight is 1030 g/mol. The van der Waals surface area contributed by atoms with Gasteiger partial charge in [0, 0.05) is 54.9 Å². The molecule has 0 unspecified atom stereocenters. The van der Waals surface area contributed by atoms with E-state index in [9.17, 15) is 26.3 Å². The zero-order chi connectivity index (χ0) is 56.1. The van der Waals surface area contributed by atoms with Crippen LogP contribution in [0, 0.1) is 89.9 Å². The van der Waals surface area contributed by atoms with E-state index in [-0.39, 0.29) is 0 Å². The van der Waals surface area contributed by atoms with E-state index in [4.69, 9.17) is 26.3 Å². The standard InChI is InChI=1S/C70H33N11/c1-41-7-6-8-59(70(41)81-68-17-12-49(53-21-45(39-74)25-57(30-53)78-4)34-63(68)64-35-50(13-18-69(64)81)54-22-46(40-75)26-58(31-54)79-5)60-27-42(36-71)9-14-65(60)80-66-15-10-47(51-19-43(37-72)23-55(28-51)76-2)32-61(66)62-33-48(11-16-67(62)80)52-20-44(38-73)24-56(29-52)77-3/h6-35H,1H3. The number of fused-ring (bicyclic) bond motifs is 6. The van der Waals surface area contributed by atoms with Crippen LogP contribution >= 0.6 is 0 Å². The topological polar surface area (TPSA) is 146 Å². The Hall–Kier alpha value is -12.8. The van der Waals surface area contributed by atoms with Gasteiger partial charge < -0.3 is 9.13 Å². The van der Waals surface area contributed by atoms with Crippen LogP contribution in [0.5, 0.6) is 0 Å². The molecule has 81 heavy (non-hydrogen) atoms. The summed E-state index contributed by atoms with van der Waals surface area (Å²) < 4.78 is 4.40. The van der Waals surface area contributed by atoms with Gasteiger partial charge in [0.25, 0.3) is 0 Å². The Morgan fingerprint density at radius 1 is 0.321 bits per heavy atom. The van der Waals surface area contributed by atoms with Gasteiger partial charge in [-0.25, -0.2) is 19.4 Å². The number of aryl methyl sites for hydroxylation is 1. The number of benzene rings is 10. The van der Waals surface area contributed by atoms with Gasteiger partial charge in [-0.3, -0.25) is 0 Å². The van der Waals surface area contributed by atoms with Gasteiger partial charge in [0.15, 0.2) is 22.7 Å². The van der Waals surface area contributed by atoms with Gasteiger partial charge >= 0.3 is 0 Å². The maximum absolute atomic E-state index is 10.7. The number of nitriles is 5. The van der Waals surface area contributed by atoms with Crippen molar-refractivity contribution < 1.29 is 0 Å². The lowest BCUT2D eigenvalue weighted by Gasteiger charge is -2.20. The number of rotatable bonds is 7. The molecule has 368 valence electrons. The third kappa shape index (κ3) is 8.42. The fourth-order valence-electron chi connectivity index (χ4n) is 11.1. The monoisotopic (exact) mass is 1030 g/mol. The average Bonchev–Trinajstić information content (AvgIpc) is 4.03. The van der Waals surface area contributed by atoms with Gasteiger partial charge in [-0.1, -0.05) is 42.5 Å². The van der Waals surface area contributed by atoms with Crippen molar-refractivity contribution in [3.05, 3.63) is 261 Å². The summed E-state index contributed by atoms with van der Waals surface area (Å²) in [6.07, 6.45) is 0. The first-order valence-electron chi connectivity index (χ1n) is 25.1. The van der Waals surface area contributed by atoms with Crippen molar-refractivity contribution in [3.8, 4) is 97.4 Å². The summed E-state index contributed by atoms with van der Waals surface area (Å²) in [7, 11) is 0. The molecule has 0 atom stereocenters. The van der Waals surface area contributed by atoms with Gasteiger partial charge in [-0.2, -0.15) is 26.3 Å². The lowest BCUT2D eigenvalue weighted by atomic mass is 9.96. The summed E-state index contributed by atoms with van der Waals surface area (Å²) in [6, 6.07) is 67.7. The Kier molecular flexibility index (Phi) is 12.0. The predicted octanol–water partition coefficient (Wildman–Crippen LogP) is 18.1. The van der Waals surface area contributed by atoms with Crippen molar-refractivity contribution in [1.82, 2.24) is 9.13 Å². The molecule has 0 fully saturated rings. The maximum Gasteiger partial charge on any atom is 0.189 e. The fourth-order valence-corrected chi connectivity index (χ4v) is 11.1.